The van der Waals surface area contributed by atoms with Gasteiger partial charge in [0.25, 0.3) is 0 Å². The predicted octanol–water partition coefficient (Wildman–Crippen LogP) is 0.625. The zero-order valence-electron chi connectivity index (χ0n) is 10.1. The minimum absolute atomic E-state index is 0.00865. The van der Waals surface area contributed by atoms with Crippen molar-refractivity contribution in [3.8, 4) is 0 Å². The van der Waals surface area contributed by atoms with Gasteiger partial charge in [-0.1, -0.05) is 20.1 Å². The molecule has 0 heterocycles. The molecule has 0 aliphatic heterocycles. The molecule has 0 radical (unpaired) electrons. The molecular formula is C12H20O5. The summed E-state index contributed by atoms with van der Waals surface area (Å²) in [6.45, 7) is 8.34. The molecule has 0 spiro atoms. The lowest BCUT2D eigenvalue weighted by Crippen LogP contribution is -2.37. The molecule has 98 valence electrons. The number of esters is 1. The zero-order valence-corrected chi connectivity index (χ0v) is 10.1. The van der Waals surface area contributed by atoms with Gasteiger partial charge in [0, 0.05) is 6.08 Å². The van der Waals surface area contributed by atoms with Gasteiger partial charge < -0.3 is 19.7 Å². The number of hydrogen-bond acceptors (Lipinski definition) is 5. The van der Waals surface area contributed by atoms with E-state index in [1.807, 2.05) is 6.92 Å². The van der Waals surface area contributed by atoms with Crippen molar-refractivity contribution >= 4 is 5.97 Å². The van der Waals surface area contributed by atoms with Crippen LogP contribution >= 0.6 is 0 Å². The van der Waals surface area contributed by atoms with E-state index in [0.29, 0.717) is 6.42 Å². The van der Waals surface area contributed by atoms with Gasteiger partial charge in [-0.2, -0.15) is 0 Å². The quantitative estimate of drug-likeness (QED) is 0.269. The number of aliphatic hydroxyl groups is 2. The van der Waals surface area contributed by atoms with E-state index in [4.69, 9.17) is 9.47 Å². The van der Waals surface area contributed by atoms with Crippen LogP contribution in [0.4, 0.5) is 0 Å². The average Bonchev–Trinajstić information content (AvgIpc) is 2.38. The van der Waals surface area contributed by atoms with E-state index < -0.39 is 17.7 Å². The average molecular weight is 244 g/mol. The first kappa shape index (κ1) is 15.8. The SMILES string of the molecule is C=CC(=O)OCC(CC)(CO)CO[C@H](O)C=C. The van der Waals surface area contributed by atoms with E-state index in [9.17, 15) is 15.0 Å². The molecule has 0 aliphatic carbocycles. The van der Waals surface area contributed by atoms with Crippen molar-refractivity contribution in [2.75, 3.05) is 19.8 Å². The molecule has 0 saturated carbocycles. The lowest BCUT2D eigenvalue weighted by Gasteiger charge is -2.30. The molecule has 0 bridgehead atoms. The van der Waals surface area contributed by atoms with E-state index in [1.54, 1.807) is 0 Å². The molecule has 2 atom stereocenters. The maximum atomic E-state index is 11.0. The van der Waals surface area contributed by atoms with E-state index in [2.05, 4.69) is 13.2 Å². The van der Waals surface area contributed by atoms with Crippen molar-refractivity contribution in [3.63, 3.8) is 0 Å². The van der Waals surface area contributed by atoms with E-state index in [1.165, 1.54) is 6.08 Å². The van der Waals surface area contributed by atoms with Crippen LogP contribution < -0.4 is 0 Å². The highest BCUT2D eigenvalue weighted by atomic mass is 16.6. The standard InChI is InChI=1S/C12H20O5/c1-4-10(14)16-8-12(6-3,7-13)9-17-11(15)5-2/h4-5,10,13-14H,1-2,6-9H2,3H3/t10-,12?/m0/s1. The Morgan fingerprint density at radius 1 is 1.47 bits per heavy atom. The van der Waals surface area contributed by atoms with Crippen molar-refractivity contribution in [2.24, 2.45) is 5.41 Å². The van der Waals surface area contributed by atoms with Crippen LogP contribution in [0.3, 0.4) is 0 Å². The number of rotatable bonds is 9. The minimum Gasteiger partial charge on any atom is -0.462 e. The third-order valence-corrected chi connectivity index (χ3v) is 2.53. The number of carbonyl (C=O) groups excluding carboxylic acids is 1. The van der Waals surface area contributed by atoms with Crippen LogP contribution in [0.15, 0.2) is 25.3 Å². The first-order valence-corrected chi connectivity index (χ1v) is 5.36. The Bertz CT molecular complexity index is 258. The van der Waals surface area contributed by atoms with Crippen LogP contribution in [0.25, 0.3) is 0 Å². The third-order valence-electron chi connectivity index (χ3n) is 2.53. The molecule has 0 aromatic rings. The van der Waals surface area contributed by atoms with Crippen LogP contribution in [0.5, 0.6) is 0 Å². The van der Waals surface area contributed by atoms with Gasteiger partial charge >= 0.3 is 5.97 Å². The summed E-state index contributed by atoms with van der Waals surface area (Å²) >= 11 is 0. The first-order chi connectivity index (χ1) is 8.03. The van der Waals surface area contributed by atoms with Gasteiger partial charge in [0.05, 0.1) is 18.6 Å². The van der Waals surface area contributed by atoms with E-state index in [-0.39, 0.29) is 19.8 Å². The van der Waals surface area contributed by atoms with Crippen LogP contribution in [-0.2, 0) is 14.3 Å². The maximum absolute atomic E-state index is 11.0. The summed E-state index contributed by atoms with van der Waals surface area (Å²) in [6.07, 6.45) is 1.73. The van der Waals surface area contributed by atoms with Crippen LogP contribution in [0.1, 0.15) is 13.3 Å². The Morgan fingerprint density at radius 2 is 2.12 bits per heavy atom. The van der Waals surface area contributed by atoms with E-state index in [0.717, 1.165) is 6.08 Å². The molecule has 5 heteroatoms. The van der Waals surface area contributed by atoms with Crippen molar-refractivity contribution in [2.45, 2.75) is 19.6 Å². The fourth-order valence-corrected chi connectivity index (χ4v) is 1.06. The van der Waals surface area contributed by atoms with Gasteiger partial charge in [-0.3, -0.25) is 0 Å². The minimum atomic E-state index is -1.09. The van der Waals surface area contributed by atoms with Gasteiger partial charge in [0.2, 0.25) is 0 Å². The summed E-state index contributed by atoms with van der Waals surface area (Å²) < 4.78 is 9.96. The first-order valence-electron chi connectivity index (χ1n) is 5.36. The lowest BCUT2D eigenvalue weighted by atomic mass is 9.88. The lowest BCUT2D eigenvalue weighted by molar-refractivity contribution is -0.150. The summed E-state index contributed by atoms with van der Waals surface area (Å²) in [5.74, 6) is -0.555. The molecule has 0 fully saturated rings. The second kappa shape index (κ2) is 8.00. The summed E-state index contributed by atoms with van der Waals surface area (Å²) in [6, 6.07) is 0. The molecular weight excluding hydrogens is 224 g/mol. The van der Waals surface area contributed by atoms with Crippen molar-refractivity contribution < 1.29 is 24.5 Å². The van der Waals surface area contributed by atoms with Gasteiger partial charge in [0.1, 0.15) is 6.61 Å². The van der Waals surface area contributed by atoms with Crippen LogP contribution in [-0.4, -0.2) is 42.3 Å². The number of hydrogen-bond donors (Lipinski definition) is 2. The second-order valence-corrected chi connectivity index (χ2v) is 3.76. The molecule has 0 aromatic carbocycles. The van der Waals surface area contributed by atoms with Gasteiger partial charge in [-0.25, -0.2) is 4.79 Å². The Morgan fingerprint density at radius 3 is 2.53 bits per heavy atom. The summed E-state index contributed by atoms with van der Waals surface area (Å²) in [5, 5.41) is 18.5. The van der Waals surface area contributed by atoms with Crippen molar-refractivity contribution in [1.82, 2.24) is 0 Å². The van der Waals surface area contributed by atoms with Gasteiger partial charge in [0.15, 0.2) is 6.29 Å². The Labute approximate surface area is 101 Å². The maximum Gasteiger partial charge on any atom is 0.330 e. The van der Waals surface area contributed by atoms with Gasteiger partial charge in [-0.05, 0) is 12.5 Å². The molecule has 0 aromatic heterocycles. The molecule has 2 N–H and O–H groups in total. The largest absolute Gasteiger partial charge is 0.462 e. The molecule has 0 aliphatic rings. The number of carbonyl (C=O) groups is 1. The fraction of sp³-hybridized carbons (Fsp3) is 0.583. The van der Waals surface area contributed by atoms with Crippen LogP contribution in [0, 0.1) is 5.41 Å². The summed E-state index contributed by atoms with van der Waals surface area (Å²) in [7, 11) is 0. The predicted molar refractivity (Wildman–Crippen MR) is 63.1 cm³/mol. The monoisotopic (exact) mass is 244 g/mol. The Hall–Kier alpha value is -1.17. The van der Waals surface area contributed by atoms with Crippen LogP contribution in [0.2, 0.25) is 0 Å². The molecule has 0 saturated heterocycles. The van der Waals surface area contributed by atoms with Crippen molar-refractivity contribution in [1.29, 1.82) is 0 Å². The zero-order chi connectivity index (χ0) is 13.3. The summed E-state index contributed by atoms with van der Waals surface area (Å²) in [5.41, 5.74) is -0.720. The fourth-order valence-electron chi connectivity index (χ4n) is 1.06. The summed E-state index contributed by atoms with van der Waals surface area (Å²) in [4.78, 5) is 11.0. The molecule has 0 rings (SSSR count). The third kappa shape index (κ3) is 5.63. The molecule has 0 amide bonds. The molecule has 17 heavy (non-hydrogen) atoms. The van der Waals surface area contributed by atoms with Gasteiger partial charge in [-0.15, -0.1) is 0 Å². The molecule has 5 nitrogen and oxygen atoms in total. The normalized spacial score (nSPS) is 15.7. The number of aliphatic hydroxyl groups excluding tert-OH is 2. The highest BCUT2D eigenvalue weighted by Crippen LogP contribution is 2.23. The smallest absolute Gasteiger partial charge is 0.330 e. The highest BCUT2D eigenvalue weighted by molar-refractivity contribution is 5.81. The molecule has 1 unspecified atom stereocenters. The van der Waals surface area contributed by atoms with Crippen molar-refractivity contribution in [3.05, 3.63) is 25.3 Å². The Kier molecular flexibility index (Phi) is 7.45. The Balaban J connectivity index is 4.38. The second-order valence-electron chi connectivity index (χ2n) is 3.76. The topological polar surface area (TPSA) is 76.0 Å². The number of ether oxygens (including phenoxy) is 2. The van der Waals surface area contributed by atoms with E-state index >= 15 is 0 Å². The highest BCUT2D eigenvalue weighted by Gasteiger charge is 2.30.